The van der Waals surface area contributed by atoms with E-state index in [1.54, 1.807) is 16.8 Å². The number of carboxylic acid groups (broad SMARTS) is 1. The third-order valence-corrected chi connectivity index (χ3v) is 3.55. The van der Waals surface area contributed by atoms with Gasteiger partial charge in [-0.3, -0.25) is 4.79 Å². The van der Waals surface area contributed by atoms with E-state index in [-0.39, 0.29) is 24.5 Å². The molecule has 2 amide bonds. The summed E-state index contributed by atoms with van der Waals surface area (Å²) in [5.74, 6) is -0.905. The Hall–Kier alpha value is -1.30. The van der Waals surface area contributed by atoms with Crippen molar-refractivity contribution in [1.29, 1.82) is 0 Å². The summed E-state index contributed by atoms with van der Waals surface area (Å²) in [7, 11) is 1.77. The van der Waals surface area contributed by atoms with Crippen LogP contribution in [0.1, 0.15) is 33.1 Å². The second-order valence-electron chi connectivity index (χ2n) is 5.05. The van der Waals surface area contributed by atoms with E-state index in [2.05, 4.69) is 6.92 Å². The fraction of sp³-hybridized carbons (Fsp3) is 0.846. The largest absolute Gasteiger partial charge is 0.481 e. The summed E-state index contributed by atoms with van der Waals surface area (Å²) in [6, 6.07) is -0.309. The molecule has 2 atom stereocenters. The Bertz CT molecular complexity index is 322. The predicted molar refractivity (Wildman–Crippen MR) is 71.1 cm³/mol. The first-order chi connectivity index (χ1) is 8.97. The van der Waals surface area contributed by atoms with Gasteiger partial charge < -0.3 is 19.6 Å². The normalized spacial score (nSPS) is 21.0. The number of amides is 2. The maximum Gasteiger partial charge on any atom is 0.320 e. The summed E-state index contributed by atoms with van der Waals surface area (Å²) in [4.78, 5) is 26.6. The molecule has 0 aromatic carbocycles. The maximum atomic E-state index is 12.4. The lowest BCUT2D eigenvalue weighted by molar-refractivity contribution is -0.139. The Morgan fingerprint density at radius 1 is 1.53 bits per heavy atom. The van der Waals surface area contributed by atoms with Crippen molar-refractivity contribution in [1.82, 2.24) is 9.80 Å². The quantitative estimate of drug-likeness (QED) is 0.821. The highest BCUT2D eigenvalue weighted by atomic mass is 16.5. The third-order valence-electron chi connectivity index (χ3n) is 3.55. The van der Waals surface area contributed by atoms with E-state index < -0.39 is 5.97 Å². The molecular formula is C13H24N2O4. The molecule has 1 rings (SSSR count). The van der Waals surface area contributed by atoms with Crippen molar-refractivity contribution < 1.29 is 19.4 Å². The molecule has 0 radical (unpaired) electrons. The fourth-order valence-electron chi connectivity index (χ4n) is 2.28. The molecule has 0 aliphatic carbocycles. The number of carbonyl (C=O) groups excluding carboxylic acids is 1. The van der Waals surface area contributed by atoms with Gasteiger partial charge >= 0.3 is 12.0 Å². The van der Waals surface area contributed by atoms with Gasteiger partial charge in [-0.2, -0.15) is 0 Å². The van der Waals surface area contributed by atoms with E-state index in [1.165, 1.54) is 0 Å². The van der Waals surface area contributed by atoms with Gasteiger partial charge in [-0.25, -0.2) is 4.79 Å². The molecule has 6 nitrogen and oxygen atoms in total. The monoisotopic (exact) mass is 272 g/mol. The van der Waals surface area contributed by atoms with Crippen LogP contribution in [0, 0.1) is 0 Å². The molecule has 6 heteroatoms. The van der Waals surface area contributed by atoms with E-state index in [0.29, 0.717) is 19.8 Å². The van der Waals surface area contributed by atoms with Crippen LogP contribution in [0.4, 0.5) is 4.79 Å². The lowest BCUT2D eigenvalue weighted by Gasteiger charge is -2.38. The van der Waals surface area contributed by atoms with Gasteiger partial charge in [0.15, 0.2) is 0 Å². The molecular weight excluding hydrogens is 248 g/mol. The highest BCUT2D eigenvalue weighted by Crippen LogP contribution is 2.15. The number of rotatable bonds is 5. The second-order valence-corrected chi connectivity index (χ2v) is 5.05. The second kappa shape index (κ2) is 7.33. The minimum absolute atomic E-state index is 0.0677. The first-order valence-corrected chi connectivity index (χ1v) is 6.80. The van der Waals surface area contributed by atoms with Crippen molar-refractivity contribution in [3.63, 3.8) is 0 Å². The van der Waals surface area contributed by atoms with Crippen LogP contribution in [0.3, 0.4) is 0 Å². The van der Waals surface area contributed by atoms with Gasteiger partial charge in [0.25, 0.3) is 0 Å². The van der Waals surface area contributed by atoms with Gasteiger partial charge in [0, 0.05) is 19.6 Å². The van der Waals surface area contributed by atoms with Gasteiger partial charge in [0.1, 0.15) is 0 Å². The number of ether oxygens (including phenoxy) is 1. The zero-order valence-electron chi connectivity index (χ0n) is 12.0. The summed E-state index contributed by atoms with van der Waals surface area (Å²) in [6.45, 7) is 5.32. The molecule has 1 N–H and O–H groups in total. The minimum Gasteiger partial charge on any atom is -0.481 e. The van der Waals surface area contributed by atoms with Gasteiger partial charge in [0.05, 0.1) is 25.7 Å². The molecule has 2 unspecified atom stereocenters. The van der Waals surface area contributed by atoms with Crippen molar-refractivity contribution >= 4 is 12.0 Å². The van der Waals surface area contributed by atoms with Crippen LogP contribution in [0.2, 0.25) is 0 Å². The van der Waals surface area contributed by atoms with Crippen LogP contribution in [0.15, 0.2) is 0 Å². The molecule has 0 bridgehead atoms. The summed E-state index contributed by atoms with van der Waals surface area (Å²) in [6.07, 6.45) is 1.89. The van der Waals surface area contributed by atoms with Crippen LogP contribution in [-0.4, -0.2) is 65.8 Å². The number of morpholine rings is 1. The average molecular weight is 272 g/mol. The number of hydrogen-bond acceptors (Lipinski definition) is 3. The van der Waals surface area contributed by atoms with E-state index in [1.807, 2.05) is 6.92 Å². The number of hydrogen-bond donors (Lipinski definition) is 1. The van der Waals surface area contributed by atoms with Crippen molar-refractivity contribution in [2.24, 2.45) is 0 Å². The highest BCUT2D eigenvalue weighted by Gasteiger charge is 2.31. The smallest absolute Gasteiger partial charge is 0.320 e. The van der Waals surface area contributed by atoms with Crippen molar-refractivity contribution in [2.45, 2.75) is 45.2 Å². The van der Waals surface area contributed by atoms with Gasteiger partial charge in [0.2, 0.25) is 0 Å². The number of nitrogens with zero attached hydrogens (tertiary/aromatic N) is 2. The standard InChI is InChI=1S/C13H24N2O4/c1-4-5-10(2)14(3)13(18)15-6-7-19-9-11(15)8-12(16)17/h10-11H,4-9H2,1-3H3,(H,16,17). The van der Waals surface area contributed by atoms with Gasteiger partial charge in [-0.15, -0.1) is 0 Å². The van der Waals surface area contributed by atoms with Crippen LogP contribution in [0.5, 0.6) is 0 Å². The Morgan fingerprint density at radius 2 is 2.21 bits per heavy atom. The van der Waals surface area contributed by atoms with Crippen LogP contribution < -0.4 is 0 Å². The molecule has 1 saturated heterocycles. The predicted octanol–water partition coefficient (Wildman–Crippen LogP) is 1.40. The third kappa shape index (κ3) is 4.38. The van der Waals surface area contributed by atoms with E-state index in [9.17, 15) is 9.59 Å². The van der Waals surface area contributed by atoms with E-state index >= 15 is 0 Å². The summed E-state index contributed by atoms with van der Waals surface area (Å²) in [5, 5.41) is 8.89. The number of carbonyl (C=O) groups is 2. The SMILES string of the molecule is CCCC(C)N(C)C(=O)N1CCOCC1CC(=O)O. The summed E-state index contributed by atoms with van der Waals surface area (Å²) in [5.41, 5.74) is 0. The van der Waals surface area contributed by atoms with Crippen LogP contribution >= 0.6 is 0 Å². The highest BCUT2D eigenvalue weighted by molar-refractivity contribution is 5.76. The lowest BCUT2D eigenvalue weighted by atomic mass is 10.1. The van der Waals surface area contributed by atoms with Crippen LogP contribution in [0.25, 0.3) is 0 Å². The molecule has 1 heterocycles. The molecule has 1 fully saturated rings. The molecule has 0 aromatic heterocycles. The van der Waals surface area contributed by atoms with Gasteiger partial charge in [-0.05, 0) is 13.3 Å². The number of aliphatic carboxylic acids is 1. The Labute approximate surface area is 114 Å². The average Bonchev–Trinajstić information content (AvgIpc) is 2.37. The number of urea groups is 1. The Morgan fingerprint density at radius 3 is 2.79 bits per heavy atom. The molecule has 0 aromatic rings. The minimum atomic E-state index is -0.905. The summed E-state index contributed by atoms with van der Waals surface area (Å²) < 4.78 is 5.28. The van der Waals surface area contributed by atoms with E-state index in [4.69, 9.17) is 9.84 Å². The summed E-state index contributed by atoms with van der Waals surface area (Å²) >= 11 is 0. The first-order valence-electron chi connectivity index (χ1n) is 6.80. The van der Waals surface area contributed by atoms with Crippen molar-refractivity contribution in [3.8, 4) is 0 Å². The fourth-order valence-corrected chi connectivity index (χ4v) is 2.28. The zero-order chi connectivity index (χ0) is 14.4. The maximum absolute atomic E-state index is 12.4. The van der Waals surface area contributed by atoms with Crippen LogP contribution in [-0.2, 0) is 9.53 Å². The first kappa shape index (κ1) is 15.8. The molecule has 1 aliphatic heterocycles. The molecule has 1 aliphatic rings. The zero-order valence-corrected chi connectivity index (χ0v) is 12.0. The molecule has 19 heavy (non-hydrogen) atoms. The Kier molecular flexibility index (Phi) is 6.08. The van der Waals surface area contributed by atoms with Crippen molar-refractivity contribution in [3.05, 3.63) is 0 Å². The lowest BCUT2D eigenvalue weighted by Crippen LogP contribution is -2.54. The topological polar surface area (TPSA) is 70.1 Å². The molecule has 0 spiro atoms. The van der Waals surface area contributed by atoms with Gasteiger partial charge in [-0.1, -0.05) is 13.3 Å². The van der Waals surface area contributed by atoms with Crippen molar-refractivity contribution in [2.75, 3.05) is 26.8 Å². The van der Waals surface area contributed by atoms with E-state index in [0.717, 1.165) is 12.8 Å². The number of carboxylic acids is 1. The Balaban J connectivity index is 2.68. The molecule has 110 valence electrons. The molecule has 0 saturated carbocycles.